The van der Waals surface area contributed by atoms with Gasteiger partial charge in [0.25, 0.3) is 0 Å². The van der Waals surface area contributed by atoms with E-state index in [0.29, 0.717) is 5.92 Å². The van der Waals surface area contributed by atoms with Gasteiger partial charge >= 0.3 is 0 Å². The SMILES string of the molecule is C=C(CC)NCC(C)CNC(C)=O. The van der Waals surface area contributed by atoms with Crippen molar-refractivity contribution in [2.24, 2.45) is 5.92 Å². The Kier molecular flexibility index (Phi) is 6.02. The van der Waals surface area contributed by atoms with E-state index in [2.05, 4.69) is 31.1 Å². The monoisotopic (exact) mass is 184 g/mol. The van der Waals surface area contributed by atoms with E-state index in [0.717, 1.165) is 25.2 Å². The van der Waals surface area contributed by atoms with Gasteiger partial charge in [0.1, 0.15) is 0 Å². The summed E-state index contributed by atoms with van der Waals surface area (Å²) in [4.78, 5) is 10.6. The van der Waals surface area contributed by atoms with Crippen LogP contribution >= 0.6 is 0 Å². The van der Waals surface area contributed by atoms with Crippen molar-refractivity contribution in [3.8, 4) is 0 Å². The summed E-state index contributed by atoms with van der Waals surface area (Å²) in [6.45, 7) is 11.1. The summed E-state index contributed by atoms with van der Waals surface area (Å²) >= 11 is 0. The van der Waals surface area contributed by atoms with Gasteiger partial charge in [0.15, 0.2) is 0 Å². The van der Waals surface area contributed by atoms with Gasteiger partial charge in [-0.05, 0) is 12.3 Å². The van der Waals surface area contributed by atoms with Gasteiger partial charge in [-0.25, -0.2) is 0 Å². The third kappa shape index (κ3) is 7.37. The second-order valence-electron chi connectivity index (χ2n) is 3.38. The van der Waals surface area contributed by atoms with Crippen LogP contribution in [0, 0.1) is 5.92 Å². The lowest BCUT2D eigenvalue weighted by Crippen LogP contribution is -2.31. The number of carbonyl (C=O) groups excluding carboxylic acids is 1. The van der Waals surface area contributed by atoms with Crippen LogP contribution in [0.3, 0.4) is 0 Å². The second-order valence-corrected chi connectivity index (χ2v) is 3.38. The maximum absolute atomic E-state index is 10.6. The smallest absolute Gasteiger partial charge is 0.216 e. The molecule has 1 atom stereocenters. The first-order valence-electron chi connectivity index (χ1n) is 4.72. The highest BCUT2D eigenvalue weighted by Gasteiger charge is 2.01. The van der Waals surface area contributed by atoms with Gasteiger partial charge in [-0.3, -0.25) is 4.79 Å². The second kappa shape index (κ2) is 6.52. The van der Waals surface area contributed by atoms with Crippen LogP contribution in [0.25, 0.3) is 0 Å². The van der Waals surface area contributed by atoms with Gasteiger partial charge in [-0.15, -0.1) is 0 Å². The molecule has 0 saturated heterocycles. The number of hydrogen-bond acceptors (Lipinski definition) is 2. The molecule has 13 heavy (non-hydrogen) atoms. The van der Waals surface area contributed by atoms with Crippen LogP contribution in [-0.4, -0.2) is 19.0 Å². The van der Waals surface area contributed by atoms with E-state index in [9.17, 15) is 4.79 Å². The van der Waals surface area contributed by atoms with Crippen LogP contribution < -0.4 is 10.6 Å². The molecule has 0 aromatic heterocycles. The zero-order valence-corrected chi connectivity index (χ0v) is 8.81. The first kappa shape index (κ1) is 12.0. The molecule has 0 aliphatic carbocycles. The van der Waals surface area contributed by atoms with Gasteiger partial charge < -0.3 is 10.6 Å². The molecule has 76 valence electrons. The number of nitrogens with one attached hydrogen (secondary N) is 2. The predicted octanol–water partition coefficient (Wildman–Crippen LogP) is 1.27. The zero-order valence-electron chi connectivity index (χ0n) is 8.81. The van der Waals surface area contributed by atoms with Gasteiger partial charge in [0, 0.05) is 25.7 Å². The summed E-state index contributed by atoms with van der Waals surface area (Å²) < 4.78 is 0. The third-order valence-electron chi connectivity index (χ3n) is 1.83. The van der Waals surface area contributed by atoms with Crippen molar-refractivity contribution in [3.05, 3.63) is 12.3 Å². The molecule has 1 unspecified atom stereocenters. The number of hydrogen-bond donors (Lipinski definition) is 2. The summed E-state index contributed by atoms with van der Waals surface area (Å²) in [6, 6.07) is 0. The minimum atomic E-state index is 0.0289. The minimum absolute atomic E-state index is 0.0289. The van der Waals surface area contributed by atoms with Crippen LogP contribution in [-0.2, 0) is 4.79 Å². The fraction of sp³-hybridized carbons (Fsp3) is 0.700. The summed E-state index contributed by atoms with van der Waals surface area (Å²) in [5.74, 6) is 0.466. The molecule has 0 aromatic carbocycles. The van der Waals surface area contributed by atoms with Crippen molar-refractivity contribution in [1.82, 2.24) is 10.6 Å². The van der Waals surface area contributed by atoms with Gasteiger partial charge in [0.05, 0.1) is 0 Å². The summed E-state index contributed by atoms with van der Waals surface area (Å²) in [5, 5.41) is 5.99. The Morgan fingerprint density at radius 3 is 2.38 bits per heavy atom. The first-order chi connectivity index (χ1) is 6.06. The third-order valence-corrected chi connectivity index (χ3v) is 1.83. The van der Waals surface area contributed by atoms with E-state index in [1.807, 2.05) is 0 Å². The lowest BCUT2D eigenvalue weighted by molar-refractivity contribution is -0.119. The fourth-order valence-corrected chi connectivity index (χ4v) is 0.834. The van der Waals surface area contributed by atoms with E-state index >= 15 is 0 Å². The largest absolute Gasteiger partial charge is 0.388 e. The van der Waals surface area contributed by atoms with Gasteiger partial charge in [-0.1, -0.05) is 20.4 Å². The van der Waals surface area contributed by atoms with Crippen molar-refractivity contribution in [1.29, 1.82) is 0 Å². The molecular formula is C10H20N2O. The van der Waals surface area contributed by atoms with Crippen LogP contribution in [0.15, 0.2) is 12.3 Å². The topological polar surface area (TPSA) is 41.1 Å². The van der Waals surface area contributed by atoms with Crippen LogP contribution in [0.1, 0.15) is 27.2 Å². The number of rotatable bonds is 6. The lowest BCUT2D eigenvalue weighted by Gasteiger charge is -2.14. The Labute approximate surface area is 80.6 Å². The molecule has 0 saturated carbocycles. The minimum Gasteiger partial charge on any atom is -0.388 e. The average molecular weight is 184 g/mol. The lowest BCUT2D eigenvalue weighted by atomic mass is 10.2. The quantitative estimate of drug-likeness (QED) is 0.652. The van der Waals surface area contributed by atoms with Crippen LogP contribution in [0.4, 0.5) is 0 Å². The van der Waals surface area contributed by atoms with E-state index in [-0.39, 0.29) is 5.91 Å². The highest BCUT2D eigenvalue weighted by molar-refractivity contribution is 5.72. The van der Waals surface area contributed by atoms with E-state index in [1.54, 1.807) is 0 Å². The Morgan fingerprint density at radius 2 is 1.92 bits per heavy atom. The van der Waals surface area contributed by atoms with Gasteiger partial charge in [-0.2, -0.15) is 0 Å². The number of carbonyl (C=O) groups is 1. The normalized spacial score (nSPS) is 11.9. The van der Waals surface area contributed by atoms with Crippen molar-refractivity contribution >= 4 is 5.91 Å². The van der Waals surface area contributed by atoms with Crippen LogP contribution in [0.5, 0.6) is 0 Å². The number of amides is 1. The maximum atomic E-state index is 10.6. The summed E-state index contributed by atoms with van der Waals surface area (Å²) in [7, 11) is 0. The highest BCUT2D eigenvalue weighted by Crippen LogP contribution is 1.94. The molecule has 0 aromatic rings. The molecule has 0 heterocycles. The van der Waals surface area contributed by atoms with E-state index < -0.39 is 0 Å². The number of allylic oxidation sites excluding steroid dienone is 1. The van der Waals surface area contributed by atoms with E-state index in [1.165, 1.54) is 6.92 Å². The average Bonchev–Trinajstić information content (AvgIpc) is 2.10. The molecule has 0 fully saturated rings. The molecule has 0 spiro atoms. The Morgan fingerprint density at radius 1 is 1.38 bits per heavy atom. The Hall–Kier alpha value is -0.990. The molecule has 2 N–H and O–H groups in total. The molecule has 0 aliphatic rings. The first-order valence-corrected chi connectivity index (χ1v) is 4.72. The fourth-order valence-electron chi connectivity index (χ4n) is 0.834. The predicted molar refractivity (Wildman–Crippen MR) is 55.3 cm³/mol. The molecule has 0 aliphatic heterocycles. The molecule has 0 radical (unpaired) electrons. The highest BCUT2D eigenvalue weighted by atomic mass is 16.1. The van der Waals surface area contributed by atoms with Crippen LogP contribution in [0.2, 0.25) is 0 Å². The van der Waals surface area contributed by atoms with Crippen molar-refractivity contribution in [3.63, 3.8) is 0 Å². The molecule has 0 bridgehead atoms. The Bertz CT molecular complexity index is 178. The molecule has 3 heteroatoms. The Balaban J connectivity index is 3.45. The van der Waals surface area contributed by atoms with E-state index in [4.69, 9.17) is 0 Å². The standard InChI is InChI=1S/C10H20N2O/c1-5-9(3)11-6-8(2)7-12-10(4)13/h8,11H,3,5-7H2,1-2,4H3,(H,12,13). The molecule has 1 amide bonds. The van der Waals surface area contributed by atoms with Crippen molar-refractivity contribution in [2.75, 3.05) is 13.1 Å². The molecule has 3 nitrogen and oxygen atoms in total. The molecule has 0 rings (SSSR count). The van der Waals surface area contributed by atoms with Crippen molar-refractivity contribution in [2.45, 2.75) is 27.2 Å². The van der Waals surface area contributed by atoms with Gasteiger partial charge in [0.2, 0.25) is 5.91 Å². The maximum Gasteiger partial charge on any atom is 0.216 e. The molecular weight excluding hydrogens is 164 g/mol. The summed E-state index contributed by atoms with van der Waals surface area (Å²) in [6.07, 6.45) is 0.951. The zero-order chi connectivity index (χ0) is 10.3. The summed E-state index contributed by atoms with van der Waals surface area (Å²) in [5.41, 5.74) is 1.05. The van der Waals surface area contributed by atoms with Crippen molar-refractivity contribution < 1.29 is 4.79 Å².